The first-order valence-electron chi connectivity index (χ1n) is 9.66. The van der Waals surface area contributed by atoms with E-state index in [0.717, 1.165) is 10.7 Å². The van der Waals surface area contributed by atoms with Gasteiger partial charge in [-0.2, -0.15) is 0 Å². The summed E-state index contributed by atoms with van der Waals surface area (Å²) in [6, 6.07) is 13.3. The molecule has 0 saturated heterocycles. The number of carbonyl (C=O) groups is 1. The Bertz CT molecular complexity index is 1300. The number of hydrogen-bond donors (Lipinski definition) is 0. The molecule has 0 saturated carbocycles. The highest BCUT2D eigenvalue weighted by molar-refractivity contribution is 7.99. The van der Waals surface area contributed by atoms with E-state index in [4.69, 9.17) is 0 Å². The molecule has 156 valence electrons. The van der Waals surface area contributed by atoms with Gasteiger partial charge < -0.3 is 0 Å². The predicted octanol–water partition coefficient (Wildman–Crippen LogP) is 3.30. The first kappa shape index (κ1) is 20.6. The van der Waals surface area contributed by atoms with Gasteiger partial charge in [-0.3, -0.25) is 14.2 Å². The predicted molar refractivity (Wildman–Crippen MR) is 116 cm³/mol. The smallest absolute Gasteiger partial charge is 0.269 e. The summed E-state index contributed by atoms with van der Waals surface area (Å²) < 4.78 is 28.0. The summed E-state index contributed by atoms with van der Waals surface area (Å²) in [7, 11) is -3.84. The second-order valence-electron chi connectivity index (χ2n) is 7.07. The van der Waals surface area contributed by atoms with Crippen LogP contribution in [0.25, 0.3) is 10.9 Å². The number of nitrogens with zero attached hydrogens (tertiary/aromatic N) is 3. The minimum absolute atomic E-state index is 0.00369. The first-order chi connectivity index (χ1) is 14.4. The van der Waals surface area contributed by atoms with Crippen LogP contribution >= 0.6 is 11.8 Å². The van der Waals surface area contributed by atoms with Gasteiger partial charge in [0.1, 0.15) is 4.90 Å². The molecule has 2 aromatic carbocycles. The van der Waals surface area contributed by atoms with Gasteiger partial charge in [-0.25, -0.2) is 17.7 Å². The Balaban J connectivity index is 1.62. The zero-order valence-electron chi connectivity index (χ0n) is 16.6. The number of sulfonamides is 1. The quantitative estimate of drug-likeness (QED) is 0.429. The summed E-state index contributed by atoms with van der Waals surface area (Å²) in [4.78, 5) is 30.3. The largest absolute Gasteiger partial charge is 0.284 e. The third kappa shape index (κ3) is 3.31. The molecule has 9 heteroatoms. The lowest BCUT2D eigenvalue weighted by Gasteiger charge is -2.19. The number of aromatic nitrogens is 2. The van der Waals surface area contributed by atoms with E-state index in [0.29, 0.717) is 21.8 Å². The van der Waals surface area contributed by atoms with E-state index in [1.807, 2.05) is 19.9 Å². The van der Waals surface area contributed by atoms with Crippen LogP contribution in [0.15, 0.2) is 63.4 Å². The molecule has 0 bridgehead atoms. The van der Waals surface area contributed by atoms with Crippen molar-refractivity contribution in [1.82, 2.24) is 13.9 Å². The molecule has 0 spiro atoms. The molecule has 1 aliphatic heterocycles. The van der Waals surface area contributed by atoms with E-state index < -0.39 is 15.9 Å². The molecule has 0 N–H and O–H groups in total. The van der Waals surface area contributed by atoms with Crippen LogP contribution in [0.3, 0.4) is 0 Å². The lowest BCUT2D eigenvalue weighted by molar-refractivity contribution is 0.0876. The SMILES string of the molecule is CC[C@H](C)n1c(SCCN2C(=O)c3ccccc3S2(=O)=O)nc2ccccc2c1=O. The third-order valence-corrected chi connectivity index (χ3v) is 8.02. The number of rotatable bonds is 6. The van der Waals surface area contributed by atoms with Crippen LogP contribution in [0, 0.1) is 0 Å². The molecule has 7 nitrogen and oxygen atoms in total. The minimum atomic E-state index is -3.84. The lowest BCUT2D eigenvalue weighted by atomic mass is 10.2. The van der Waals surface area contributed by atoms with Gasteiger partial charge in [0.25, 0.3) is 21.5 Å². The molecule has 1 amide bonds. The Hall–Kier alpha value is -2.65. The van der Waals surface area contributed by atoms with Gasteiger partial charge in [-0.15, -0.1) is 0 Å². The van der Waals surface area contributed by atoms with E-state index in [2.05, 4.69) is 4.98 Å². The topological polar surface area (TPSA) is 89.3 Å². The number of para-hydroxylation sites is 1. The minimum Gasteiger partial charge on any atom is -0.284 e. The van der Waals surface area contributed by atoms with E-state index >= 15 is 0 Å². The highest BCUT2D eigenvalue weighted by Crippen LogP contribution is 2.30. The van der Waals surface area contributed by atoms with E-state index in [-0.39, 0.29) is 28.6 Å². The number of carbonyl (C=O) groups excluding carboxylic acids is 1. The van der Waals surface area contributed by atoms with Gasteiger partial charge in [-0.1, -0.05) is 43.0 Å². The molecule has 30 heavy (non-hydrogen) atoms. The summed E-state index contributed by atoms with van der Waals surface area (Å²) in [5.74, 6) is -0.225. The highest BCUT2D eigenvalue weighted by atomic mass is 32.2. The fourth-order valence-electron chi connectivity index (χ4n) is 3.47. The average molecular weight is 444 g/mol. The van der Waals surface area contributed by atoms with Crippen LogP contribution < -0.4 is 5.56 Å². The molecule has 0 unspecified atom stereocenters. The van der Waals surface area contributed by atoms with Crippen molar-refractivity contribution in [3.63, 3.8) is 0 Å². The van der Waals surface area contributed by atoms with Crippen molar-refractivity contribution < 1.29 is 13.2 Å². The number of benzene rings is 2. The van der Waals surface area contributed by atoms with Gasteiger partial charge in [0.15, 0.2) is 5.16 Å². The van der Waals surface area contributed by atoms with Crippen molar-refractivity contribution >= 4 is 38.6 Å². The summed E-state index contributed by atoms with van der Waals surface area (Å²) in [5, 5.41) is 1.07. The van der Waals surface area contributed by atoms with Crippen LogP contribution in [0.4, 0.5) is 0 Å². The van der Waals surface area contributed by atoms with Crippen LogP contribution in [0.2, 0.25) is 0 Å². The Morgan fingerprint density at radius 3 is 2.50 bits per heavy atom. The van der Waals surface area contributed by atoms with Crippen LogP contribution in [-0.2, 0) is 10.0 Å². The van der Waals surface area contributed by atoms with E-state index in [1.54, 1.807) is 34.9 Å². The number of fused-ring (bicyclic) bond motifs is 2. The zero-order chi connectivity index (χ0) is 21.5. The zero-order valence-corrected chi connectivity index (χ0v) is 18.2. The first-order valence-corrected chi connectivity index (χ1v) is 12.1. The summed E-state index contributed by atoms with van der Waals surface area (Å²) >= 11 is 1.28. The standard InChI is InChI=1S/C21H21N3O4S2/c1-3-14(2)24-20(26)15-8-4-6-10-17(15)22-21(24)29-13-12-23-19(25)16-9-5-7-11-18(16)30(23,27)28/h4-11,14H,3,12-13H2,1-2H3/t14-/m0/s1. The molecule has 0 radical (unpaired) electrons. The molecule has 0 fully saturated rings. The summed E-state index contributed by atoms with van der Waals surface area (Å²) in [5.41, 5.74) is 0.680. The number of amides is 1. The highest BCUT2D eigenvalue weighted by Gasteiger charge is 2.40. The Morgan fingerprint density at radius 2 is 1.77 bits per heavy atom. The van der Waals surface area contributed by atoms with Crippen molar-refractivity contribution in [2.24, 2.45) is 0 Å². The molecule has 0 aliphatic carbocycles. The Labute approximate surface area is 178 Å². The fourth-order valence-corrected chi connectivity index (χ4v) is 6.18. The maximum absolute atomic E-state index is 13.0. The van der Waals surface area contributed by atoms with E-state index in [1.165, 1.54) is 23.9 Å². The van der Waals surface area contributed by atoms with Gasteiger partial charge in [0, 0.05) is 18.3 Å². The van der Waals surface area contributed by atoms with Gasteiger partial charge in [-0.05, 0) is 37.6 Å². The number of thioether (sulfide) groups is 1. The van der Waals surface area contributed by atoms with Crippen molar-refractivity contribution in [2.75, 3.05) is 12.3 Å². The Morgan fingerprint density at radius 1 is 1.07 bits per heavy atom. The second kappa shape index (κ2) is 7.88. The van der Waals surface area contributed by atoms with Crippen molar-refractivity contribution in [3.8, 4) is 0 Å². The molecule has 2 heterocycles. The normalized spacial score (nSPS) is 16.1. The molecular formula is C21H21N3O4S2. The molecule has 1 aliphatic rings. The van der Waals surface area contributed by atoms with E-state index in [9.17, 15) is 18.0 Å². The number of hydrogen-bond acceptors (Lipinski definition) is 6. The van der Waals surface area contributed by atoms with Gasteiger partial charge in [0.2, 0.25) is 0 Å². The van der Waals surface area contributed by atoms with Gasteiger partial charge in [0.05, 0.1) is 16.5 Å². The van der Waals surface area contributed by atoms with Crippen LogP contribution in [0.1, 0.15) is 36.7 Å². The fraction of sp³-hybridized carbons (Fsp3) is 0.286. The second-order valence-corrected chi connectivity index (χ2v) is 9.96. The molecule has 1 aromatic heterocycles. The average Bonchev–Trinajstić information content (AvgIpc) is 2.94. The van der Waals surface area contributed by atoms with Gasteiger partial charge >= 0.3 is 0 Å². The molecule has 1 atom stereocenters. The van der Waals surface area contributed by atoms with Crippen molar-refractivity contribution in [3.05, 3.63) is 64.4 Å². The maximum Gasteiger partial charge on any atom is 0.269 e. The monoisotopic (exact) mass is 443 g/mol. The summed E-state index contributed by atoms with van der Waals surface area (Å²) in [6.07, 6.45) is 0.752. The maximum atomic E-state index is 13.0. The van der Waals surface area contributed by atoms with Crippen molar-refractivity contribution in [2.45, 2.75) is 36.4 Å². The summed E-state index contributed by atoms with van der Waals surface area (Å²) in [6.45, 7) is 3.95. The molecular weight excluding hydrogens is 422 g/mol. The van der Waals surface area contributed by atoms with Crippen LogP contribution in [0.5, 0.6) is 0 Å². The van der Waals surface area contributed by atoms with Crippen molar-refractivity contribution in [1.29, 1.82) is 0 Å². The lowest BCUT2D eigenvalue weighted by Crippen LogP contribution is -2.32. The van der Waals surface area contributed by atoms with Crippen LogP contribution in [-0.4, -0.2) is 40.5 Å². The Kier molecular flexibility index (Phi) is 5.42. The molecule has 4 rings (SSSR count). The molecule has 3 aromatic rings. The third-order valence-electron chi connectivity index (χ3n) is 5.24.